The summed E-state index contributed by atoms with van der Waals surface area (Å²) in [4.78, 5) is 6.81. The summed E-state index contributed by atoms with van der Waals surface area (Å²) in [5, 5.41) is 3.03. The fraction of sp³-hybridized carbons (Fsp3) is 0.357. The molecule has 3 rings (SSSR count). The molecule has 2 nitrogen and oxygen atoms in total. The minimum Gasteiger partial charge on any atom is -0.297 e. The molecule has 2 aromatic rings. The molecule has 1 fully saturated rings. The second-order valence-corrected chi connectivity index (χ2v) is 5.85. The molecule has 4 heteroatoms. The van der Waals surface area contributed by atoms with Crippen LogP contribution in [0.1, 0.15) is 23.6 Å². The molecule has 2 heterocycles. The number of aromatic nitrogens is 1. The summed E-state index contributed by atoms with van der Waals surface area (Å²) >= 11 is 7.93. The molecule has 0 bridgehead atoms. The molecule has 0 spiro atoms. The molecule has 1 saturated heterocycles. The quantitative estimate of drug-likeness (QED) is 0.849. The normalized spacial score (nSPS) is 20.4. The van der Waals surface area contributed by atoms with Crippen molar-refractivity contribution in [3.63, 3.8) is 0 Å². The largest absolute Gasteiger partial charge is 0.297 e. The highest BCUT2D eigenvalue weighted by atomic mass is 35.5. The average molecular weight is 279 g/mol. The van der Waals surface area contributed by atoms with E-state index in [4.69, 9.17) is 11.6 Å². The summed E-state index contributed by atoms with van der Waals surface area (Å²) in [5.41, 5.74) is 4.37. The Morgan fingerprint density at radius 1 is 1.39 bits per heavy atom. The first kappa shape index (κ1) is 12.2. The minimum absolute atomic E-state index is 0.567. The van der Waals surface area contributed by atoms with Gasteiger partial charge in [-0.1, -0.05) is 29.8 Å². The van der Waals surface area contributed by atoms with Gasteiger partial charge in [0, 0.05) is 23.5 Å². The first-order valence-electron chi connectivity index (χ1n) is 6.17. The van der Waals surface area contributed by atoms with Crippen LogP contribution in [0.15, 0.2) is 35.2 Å². The van der Waals surface area contributed by atoms with Crippen molar-refractivity contribution >= 4 is 22.9 Å². The zero-order valence-corrected chi connectivity index (χ0v) is 11.6. The molecular weight excluding hydrogens is 264 g/mol. The van der Waals surface area contributed by atoms with Gasteiger partial charge in [-0.05, 0) is 30.5 Å². The van der Waals surface area contributed by atoms with E-state index < -0.39 is 0 Å². The van der Waals surface area contributed by atoms with Crippen LogP contribution in [0.2, 0.25) is 5.02 Å². The van der Waals surface area contributed by atoms with Gasteiger partial charge >= 0.3 is 0 Å². The average Bonchev–Trinajstić information content (AvgIpc) is 3.02. The molecule has 0 N–H and O–H groups in total. The lowest BCUT2D eigenvalue weighted by molar-refractivity contribution is 0.323. The van der Waals surface area contributed by atoms with E-state index in [9.17, 15) is 0 Å². The van der Waals surface area contributed by atoms with Crippen molar-refractivity contribution in [1.29, 1.82) is 0 Å². The maximum absolute atomic E-state index is 6.27. The minimum atomic E-state index is 0.567. The van der Waals surface area contributed by atoms with Gasteiger partial charge in [-0.25, -0.2) is 4.98 Å². The molecule has 1 unspecified atom stereocenters. The fourth-order valence-electron chi connectivity index (χ4n) is 2.58. The summed E-state index contributed by atoms with van der Waals surface area (Å²) in [6.45, 7) is 3.18. The van der Waals surface area contributed by atoms with Crippen molar-refractivity contribution in [2.45, 2.75) is 18.9 Å². The van der Waals surface area contributed by atoms with Crippen molar-refractivity contribution in [3.8, 4) is 0 Å². The summed E-state index contributed by atoms with van der Waals surface area (Å²) < 4.78 is 0. The van der Waals surface area contributed by atoms with E-state index in [0.29, 0.717) is 5.92 Å². The van der Waals surface area contributed by atoms with E-state index >= 15 is 0 Å². The van der Waals surface area contributed by atoms with Gasteiger partial charge in [0.25, 0.3) is 0 Å². The van der Waals surface area contributed by atoms with Gasteiger partial charge in [0.05, 0.1) is 11.2 Å². The molecule has 94 valence electrons. The van der Waals surface area contributed by atoms with E-state index in [1.54, 1.807) is 11.3 Å². The van der Waals surface area contributed by atoms with Crippen molar-refractivity contribution in [2.24, 2.45) is 0 Å². The van der Waals surface area contributed by atoms with Crippen LogP contribution in [0.5, 0.6) is 0 Å². The predicted molar refractivity (Wildman–Crippen MR) is 76.2 cm³/mol. The van der Waals surface area contributed by atoms with E-state index in [1.165, 1.54) is 17.7 Å². The summed E-state index contributed by atoms with van der Waals surface area (Å²) in [7, 11) is 0. The third-order valence-corrected chi connectivity index (χ3v) is 4.47. The lowest BCUT2D eigenvalue weighted by Crippen LogP contribution is -2.19. The Morgan fingerprint density at radius 2 is 2.28 bits per heavy atom. The van der Waals surface area contributed by atoms with E-state index in [0.717, 1.165) is 24.7 Å². The smallest absolute Gasteiger partial charge is 0.0795 e. The molecule has 0 radical (unpaired) electrons. The standard InChI is InChI=1S/C14H15ClN2S/c15-14-4-2-1-3-13(14)11-5-6-17(7-11)8-12-9-18-10-16-12/h1-4,9-11H,5-8H2. The Kier molecular flexibility index (Phi) is 3.64. The van der Waals surface area contributed by atoms with Crippen LogP contribution in [0, 0.1) is 0 Å². The van der Waals surface area contributed by atoms with Gasteiger partial charge in [-0.3, -0.25) is 4.90 Å². The highest BCUT2D eigenvalue weighted by Gasteiger charge is 2.25. The Morgan fingerprint density at radius 3 is 3.06 bits per heavy atom. The number of rotatable bonds is 3. The topological polar surface area (TPSA) is 16.1 Å². The summed E-state index contributed by atoms with van der Waals surface area (Å²) in [6, 6.07) is 8.21. The van der Waals surface area contributed by atoms with Crippen LogP contribution in [0.4, 0.5) is 0 Å². The second kappa shape index (κ2) is 5.39. The van der Waals surface area contributed by atoms with E-state index in [2.05, 4.69) is 27.4 Å². The molecular formula is C14H15ClN2S. The number of likely N-dealkylation sites (tertiary alicyclic amines) is 1. The molecule has 1 atom stereocenters. The SMILES string of the molecule is Clc1ccccc1C1CCN(Cc2cscn2)C1. The zero-order valence-electron chi connectivity index (χ0n) is 10.1. The molecule has 1 aromatic carbocycles. The van der Waals surface area contributed by atoms with Crippen LogP contribution >= 0.6 is 22.9 Å². The van der Waals surface area contributed by atoms with Crippen LogP contribution in [-0.4, -0.2) is 23.0 Å². The second-order valence-electron chi connectivity index (χ2n) is 4.72. The molecule has 0 aliphatic carbocycles. The first-order chi connectivity index (χ1) is 8.83. The lowest BCUT2D eigenvalue weighted by atomic mass is 9.98. The van der Waals surface area contributed by atoms with Gasteiger partial charge in [0.1, 0.15) is 0 Å². The maximum atomic E-state index is 6.27. The van der Waals surface area contributed by atoms with E-state index in [1.807, 2.05) is 17.6 Å². The van der Waals surface area contributed by atoms with Gasteiger partial charge in [-0.15, -0.1) is 11.3 Å². The number of hydrogen-bond acceptors (Lipinski definition) is 3. The third kappa shape index (κ3) is 2.58. The van der Waals surface area contributed by atoms with Crippen LogP contribution in [0.3, 0.4) is 0 Å². The Labute approximate surface area is 116 Å². The monoisotopic (exact) mass is 278 g/mol. The first-order valence-corrected chi connectivity index (χ1v) is 7.49. The molecule has 1 aliphatic heterocycles. The number of thiazole rings is 1. The third-order valence-electron chi connectivity index (χ3n) is 3.49. The van der Waals surface area contributed by atoms with Crippen molar-refractivity contribution in [2.75, 3.05) is 13.1 Å². The van der Waals surface area contributed by atoms with Crippen LogP contribution < -0.4 is 0 Å². The van der Waals surface area contributed by atoms with Gasteiger partial charge in [0.15, 0.2) is 0 Å². The Hall–Kier alpha value is -0.900. The van der Waals surface area contributed by atoms with E-state index in [-0.39, 0.29) is 0 Å². The highest BCUT2D eigenvalue weighted by molar-refractivity contribution is 7.07. The van der Waals surface area contributed by atoms with Crippen molar-refractivity contribution in [1.82, 2.24) is 9.88 Å². The number of benzene rings is 1. The van der Waals surface area contributed by atoms with Crippen molar-refractivity contribution in [3.05, 3.63) is 51.4 Å². The molecule has 18 heavy (non-hydrogen) atoms. The lowest BCUT2D eigenvalue weighted by Gasteiger charge is -2.15. The number of halogens is 1. The summed E-state index contributed by atoms with van der Waals surface area (Å²) in [5.74, 6) is 0.567. The Balaban J connectivity index is 1.67. The highest BCUT2D eigenvalue weighted by Crippen LogP contribution is 2.32. The zero-order chi connectivity index (χ0) is 12.4. The number of nitrogens with zero attached hydrogens (tertiary/aromatic N) is 2. The van der Waals surface area contributed by atoms with Gasteiger partial charge in [-0.2, -0.15) is 0 Å². The predicted octanol–water partition coefficient (Wildman–Crippen LogP) is 3.79. The number of hydrogen-bond donors (Lipinski definition) is 0. The molecule has 0 amide bonds. The van der Waals surface area contributed by atoms with Gasteiger partial charge in [0.2, 0.25) is 0 Å². The molecule has 0 saturated carbocycles. The maximum Gasteiger partial charge on any atom is 0.0795 e. The molecule has 1 aromatic heterocycles. The Bertz CT molecular complexity index is 512. The fourth-order valence-corrected chi connectivity index (χ4v) is 3.42. The van der Waals surface area contributed by atoms with Crippen molar-refractivity contribution < 1.29 is 0 Å². The molecule has 1 aliphatic rings. The van der Waals surface area contributed by atoms with Gasteiger partial charge < -0.3 is 0 Å². The summed E-state index contributed by atoms with van der Waals surface area (Å²) in [6.07, 6.45) is 1.19. The van der Waals surface area contributed by atoms with Crippen LogP contribution in [0.25, 0.3) is 0 Å². The van der Waals surface area contributed by atoms with Crippen LogP contribution in [-0.2, 0) is 6.54 Å².